The maximum atomic E-state index is 13.0. The molecule has 1 saturated heterocycles. The molecule has 0 unspecified atom stereocenters. The molecule has 1 aliphatic heterocycles. The van der Waals surface area contributed by atoms with Crippen LogP contribution in [0.2, 0.25) is 10.0 Å². The zero-order chi connectivity index (χ0) is 23.3. The van der Waals surface area contributed by atoms with Gasteiger partial charge < -0.3 is 20.4 Å². The summed E-state index contributed by atoms with van der Waals surface area (Å²) < 4.78 is 0. The minimum absolute atomic E-state index is 0.199. The van der Waals surface area contributed by atoms with E-state index in [1.54, 1.807) is 18.3 Å². The highest BCUT2D eigenvalue weighted by Gasteiger charge is 2.24. The lowest BCUT2D eigenvalue weighted by atomic mass is 10.0. The van der Waals surface area contributed by atoms with Gasteiger partial charge in [0, 0.05) is 31.2 Å². The predicted octanol–water partition coefficient (Wildman–Crippen LogP) is 3.92. The first kappa shape index (κ1) is 24.3. The number of nitrogens with one attached hydrogen (secondary N) is 2. The van der Waals surface area contributed by atoms with E-state index in [-0.39, 0.29) is 22.4 Å². The molecular formula is C23H29Cl2N5O2. The SMILES string of the molecule is CC(C)C[C@@H](NC(=O)c1ccc(Cl)cc1Cl)C(=O)Nc1ccc(N2CCN(C)CC2)nc1. The molecule has 1 aromatic heterocycles. The van der Waals surface area contributed by atoms with Crippen LogP contribution in [0, 0.1) is 5.92 Å². The summed E-state index contributed by atoms with van der Waals surface area (Å²) in [7, 11) is 2.11. The van der Waals surface area contributed by atoms with Gasteiger partial charge >= 0.3 is 0 Å². The third kappa shape index (κ3) is 6.58. The molecule has 0 aliphatic carbocycles. The summed E-state index contributed by atoms with van der Waals surface area (Å²) >= 11 is 12.1. The quantitative estimate of drug-likeness (QED) is 0.631. The maximum absolute atomic E-state index is 13.0. The first-order valence-corrected chi connectivity index (χ1v) is 11.4. The van der Waals surface area contributed by atoms with E-state index in [2.05, 4.69) is 32.5 Å². The molecule has 172 valence electrons. The average Bonchev–Trinajstić information content (AvgIpc) is 2.74. The highest BCUT2D eigenvalue weighted by Crippen LogP contribution is 2.22. The second-order valence-electron chi connectivity index (χ2n) is 8.46. The van der Waals surface area contributed by atoms with Crippen LogP contribution in [0.25, 0.3) is 0 Å². The Kier molecular flexibility index (Phi) is 8.34. The van der Waals surface area contributed by atoms with Gasteiger partial charge in [0.15, 0.2) is 0 Å². The van der Waals surface area contributed by atoms with Gasteiger partial charge in [-0.25, -0.2) is 4.98 Å². The lowest BCUT2D eigenvalue weighted by Gasteiger charge is -2.33. The van der Waals surface area contributed by atoms with E-state index in [0.717, 1.165) is 32.0 Å². The molecule has 0 radical (unpaired) electrons. The van der Waals surface area contributed by atoms with Crippen LogP contribution in [0.15, 0.2) is 36.5 Å². The Morgan fingerprint density at radius 3 is 2.41 bits per heavy atom. The van der Waals surface area contributed by atoms with Gasteiger partial charge in [-0.2, -0.15) is 0 Å². The minimum atomic E-state index is -0.716. The van der Waals surface area contributed by atoms with Crippen molar-refractivity contribution in [3.05, 3.63) is 52.1 Å². The zero-order valence-corrected chi connectivity index (χ0v) is 20.1. The number of piperazine rings is 1. The molecule has 9 heteroatoms. The number of benzene rings is 1. The van der Waals surface area contributed by atoms with Crippen LogP contribution >= 0.6 is 23.2 Å². The van der Waals surface area contributed by atoms with Crippen molar-refractivity contribution in [2.45, 2.75) is 26.3 Å². The van der Waals surface area contributed by atoms with Crippen molar-refractivity contribution in [3.8, 4) is 0 Å². The molecule has 1 aliphatic rings. The number of hydrogen-bond acceptors (Lipinski definition) is 5. The number of aromatic nitrogens is 1. The second kappa shape index (κ2) is 11.0. The van der Waals surface area contributed by atoms with Crippen molar-refractivity contribution < 1.29 is 9.59 Å². The van der Waals surface area contributed by atoms with E-state index in [4.69, 9.17) is 23.2 Å². The van der Waals surface area contributed by atoms with Gasteiger partial charge in [-0.3, -0.25) is 9.59 Å². The van der Waals surface area contributed by atoms with Crippen LogP contribution in [0.5, 0.6) is 0 Å². The van der Waals surface area contributed by atoms with E-state index in [1.807, 2.05) is 26.0 Å². The second-order valence-corrected chi connectivity index (χ2v) is 9.31. The molecule has 2 heterocycles. The summed E-state index contributed by atoms with van der Waals surface area (Å²) in [5, 5.41) is 6.35. The molecule has 32 heavy (non-hydrogen) atoms. The van der Waals surface area contributed by atoms with E-state index in [0.29, 0.717) is 17.1 Å². The Labute approximate surface area is 199 Å². The number of carbonyl (C=O) groups is 2. The molecule has 0 spiro atoms. The van der Waals surface area contributed by atoms with E-state index in [1.165, 1.54) is 6.07 Å². The third-order valence-corrected chi connectivity index (χ3v) is 5.90. The fraction of sp³-hybridized carbons (Fsp3) is 0.435. The fourth-order valence-corrected chi connectivity index (χ4v) is 4.02. The molecule has 0 bridgehead atoms. The normalized spacial score (nSPS) is 15.5. The summed E-state index contributed by atoms with van der Waals surface area (Å²) in [5.41, 5.74) is 0.858. The van der Waals surface area contributed by atoms with Crippen LogP contribution in [-0.2, 0) is 4.79 Å². The smallest absolute Gasteiger partial charge is 0.253 e. The van der Waals surface area contributed by atoms with Crippen LogP contribution in [0.4, 0.5) is 11.5 Å². The highest BCUT2D eigenvalue weighted by molar-refractivity contribution is 6.36. The standard InChI is InChI=1S/C23H29Cl2N5O2/c1-15(2)12-20(28-22(31)18-6-4-16(24)13-19(18)25)23(32)27-17-5-7-21(26-14-17)30-10-8-29(3)9-11-30/h4-7,13-15,20H,8-12H2,1-3H3,(H,27,32)(H,28,31)/t20-/m1/s1. The highest BCUT2D eigenvalue weighted by atomic mass is 35.5. The fourth-order valence-electron chi connectivity index (χ4n) is 3.52. The summed E-state index contributed by atoms with van der Waals surface area (Å²) in [4.78, 5) is 34.7. The molecule has 1 aromatic carbocycles. The Bertz CT molecular complexity index is 944. The van der Waals surface area contributed by atoms with Gasteiger partial charge in [0.2, 0.25) is 5.91 Å². The lowest BCUT2D eigenvalue weighted by Crippen LogP contribution is -2.45. The first-order valence-electron chi connectivity index (χ1n) is 10.7. The van der Waals surface area contributed by atoms with Crippen LogP contribution in [-0.4, -0.2) is 61.0 Å². The number of likely N-dealkylation sites (N-methyl/N-ethyl adjacent to an activating group) is 1. The molecule has 3 rings (SSSR count). The summed E-state index contributed by atoms with van der Waals surface area (Å²) in [6, 6.07) is 7.67. The number of anilines is 2. The van der Waals surface area contributed by atoms with Gasteiger partial charge in [-0.1, -0.05) is 37.0 Å². The molecular weight excluding hydrogens is 449 g/mol. The summed E-state index contributed by atoms with van der Waals surface area (Å²) in [6.45, 7) is 7.82. The number of halogens is 2. The van der Waals surface area contributed by atoms with Gasteiger partial charge in [0.05, 0.1) is 22.5 Å². The van der Waals surface area contributed by atoms with Crippen molar-refractivity contribution >= 4 is 46.5 Å². The van der Waals surface area contributed by atoms with E-state index in [9.17, 15) is 9.59 Å². The van der Waals surface area contributed by atoms with Crippen molar-refractivity contribution in [2.24, 2.45) is 5.92 Å². The van der Waals surface area contributed by atoms with Crippen molar-refractivity contribution in [3.63, 3.8) is 0 Å². The number of pyridine rings is 1. The third-order valence-electron chi connectivity index (χ3n) is 5.35. The minimum Gasteiger partial charge on any atom is -0.354 e. The molecule has 2 amide bonds. The molecule has 0 saturated carbocycles. The number of rotatable bonds is 7. The van der Waals surface area contributed by atoms with Crippen LogP contribution in [0.1, 0.15) is 30.6 Å². The van der Waals surface area contributed by atoms with Gasteiger partial charge in [0.25, 0.3) is 5.91 Å². The number of hydrogen-bond donors (Lipinski definition) is 2. The van der Waals surface area contributed by atoms with Gasteiger partial charge in [-0.05, 0) is 49.7 Å². The number of carbonyl (C=O) groups excluding carboxylic acids is 2. The van der Waals surface area contributed by atoms with Crippen LogP contribution in [0.3, 0.4) is 0 Å². The number of amides is 2. The zero-order valence-electron chi connectivity index (χ0n) is 18.6. The largest absolute Gasteiger partial charge is 0.354 e. The van der Waals surface area contributed by atoms with E-state index >= 15 is 0 Å². The Morgan fingerprint density at radius 2 is 1.81 bits per heavy atom. The van der Waals surface area contributed by atoms with Crippen LogP contribution < -0.4 is 15.5 Å². The topological polar surface area (TPSA) is 77.6 Å². The average molecular weight is 478 g/mol. The predicted molar refractivity (Wildman–Crippen MR) is 130 cm³/mol. The molecule has 2 aromatic rings. The van der Waals surface area contributed by atoms with Crippen molar-refractivity contribution in [1.82, 2.24) is 15.2 Å². The van der Waals surface area contributed by atoms with E-state index < -0.39 is 11.9 Å². The van der Waals surface area contributed by atoms with Crippen molar-refractivity contribution in [1.29, 1.82) is 0 Å². The Balaban J connectivity index is 1.66. The van der Waals surface area contributed by atoms with Crippen molar-refractivity contribution in [2.75, 3.05) is 43.4 Å². The monoisotopic (exact) mass is 477 g/mol. The van der Waals surface area contributed by atoms with Gasteiger partial charge in [-0.15, -0.1) is 0 Å². The summed E-state index contributed by atoms with van der Waals surface area (Å²) in [5.74, 6) is 0.368. The molecule has 7 nitrogen and oxygen atoms in total. The molecule has 1 atom stereocenters. The number of nitrogens with zero attached hydrogens (tertiary/aromatic N) is 3. The lowest BCUT2D eigenvalue weighted by molar-refractivity contribution is -0.118. The Hall–Kier alpha value is -2.35. The first-order chi connectivity index (χ1) is 15.2. The maximum Gasteiger partial charge on any atom is 0.253 e. The molecule has 2 N–H and O–H groups in total. The molecule has 1 fully saturated rings. The summed E-state index contributed by atoms with van der Waals surface area (Å²) in [6.07, 6.45) is 2.13. The Morgan fingerprint density at radius 1 is 1.09 bits per heavy atom. The van der Waals surface area contributed by atoms with Gasteiger partial charge in [0.1, 0.15) is 11.9 Å².